The first-order valence-corrected chi connectivity index (χ1v) is 25.4. The summed E-state index contributed by atoms with van der Waals surface area (Å²) in [5, 5.41) is 0. The minimum absolute atomic E-state index is 0. The number of nitrogens with zero attached hydrogens (tertiary/aromatic N) is 2. The van der Waals surface area contributed by atoms with Gasteiger partial charge in [0.15, 0.2) is 0 Å². The minimum atomic E-state index is 0. The molecule has 0 aromatic heterocycles. The molecule has 0 aliphatic carbocycles. The topological polar surface area (TPSA) is 0 Å². The quantitative estimate of drug-likeness (QED) is 0.0950. The van der Waals surface area contributed by atoms with Gasteiger partial charge in [-0.25, -0.2) is 0 Å². The van der Waals surface area contributed by atoms with Crippen LogP contribution >= 0.6 is 58.9 Å². The molecule has 0 rings (SSSR count). The first-order valence-electron chi connectivity index (χ1n) is 9.52. The molecule has 0 fully saturated rings. The Labute approximate surface area is 281 Å². The molecule has 0 saturated carbocycles. The first-order chi connectivity index (χ1) is 14.3. The molecule has 206 valence electrons. The standard InChI is InChI=1S/2C8H20N.2H2S4.2H2S.2S.2W/c2*1-5-9(6-2,7-3)8-4;2*1-3-4-2;;;;;;/h2*5-8H2,1-4H3;2*1-2H;2*1H2;;;;/q2*+1;;;;;;;2*-1/p-6. The molecule has 0 heterocycles. The molecule has 0 aromatic rings. The molecule has 0 spiro atoms. The summed E-state index contributed by atoms with van der Waals surface area (Å²) in [6.07, 6.45) is 0. The van der Waals surface area contributed by atoms with E-state index in [1.165, 1.54) is 137 Å². The normalized spacial score (nSPS) is 8.88. The van der Waals surface area contributed by atoms with E-state index in [9.17, 15) is 0 Å². The van der Waals surface area contributed by atoms with E-state index >= 15 is 0 Å². The molecule has 0 amide bonds. The van der Waals surface area contributed by atoms with Gasteiger partial charge in [0.2, 0.25) is 0 Å². The van der Waals surface area contributed by atoms with Crippen molar-refractivity contribution in [1.29, 1.82) is 0 Å². The molecule has 0 saturated heterocycles. The zero-order valence-corrected chi connectivity index (χ0v) is 36.2. The van der Waals surface area contributed by atoms with Crippen molar-refractivity contribution in [2.24, 2.45) is 0 Å². The summed E-state index contributed by atoms with van der Waals surface area (Å²) in [7, 11) is 13.0. The second-order valence-electron chi connectivity index (χ2n) is 5.49. The Morgan fingerprint density at radius 3 is 0.531 bits per heavy atom. The zero-order valence-electron chi connectivity index (χ0n) is 20.3. The molecule has 0 atom stereocenters. The van der Waals surface area contributed by atoms with Crippen molar-refractivity contribution < 1.29 is 45.0 Å². The average Bonchev–Trinajstić information content (AvgIpc) is 2.86. The van der Waals surface area contributed by atoms with E-state index in [1.54, 1.807) is 0 Å². The van der Waals surface area contributed by atoms with Crippen LogP contribution in [-0.2, 0) is 110 Å². The average molecular weight is 1020 g/mol. The summed E-state index contributed by atoms with van der Waals surface area (Å²) in [4.78, 5) is 0. The van der Waals surface area contributed by atoms with Crippen LogP contribution < -0.4 is 0 Å². The molecule has 32 heavy (non-hydrogen) atoms. The third-order valence-electron chi connectivity index (χ3n) is 5.42. The van der Waals surface area contributed by atoms with Crippen LogP contribution in [0.5, 0.6) is 0 Å². The molecule has 0 bridgehead atoms. The summed E-state index contributed by atoms with van der Waals surface area (Å²) in [5.74, 6) is 0. The molecule has 0 aliphatic heterocycles. The second-order valence-corrected chi connectivity index (χ2v) is 12.6. The number of rotatable bonds is 10. The van der Waals surface area contributed by atoms with Gasteiger partial charge in [0.25, 0.3) is 0 Å². The Bertz CT molecular complexity index is 216. The Hall–Kier alpha value is 5.24. The van der Waals surface area contributed by atoms with Gasteiger partial charge in [-0.3, -0.25) is 39.3 Å². The molecular formula is C16H42N2S12W2-6. The van der Waals surface area contributed by atoms with Crippen LogP contribution in [0.25, 0.3) is 0 Å². The monoisotopic (exact) mass is 1010 g/mol. The molecule has 0 aromatic carbocycles. The fraction of sp³-hybridized carbons (Fsp3) is 1.00. The summed E-state index contributed by atoms with van der Waals surface area (Å²) in [6.45, 7) is 28.4. The van der Waals surface area contributed by atoms with Gasteiger partial charge in [0.05, 0.1) is 52.4 Å². The van der Waals surface area contributed by atoms with E-state index in [0.717, 1.165) is 0 Å². The van der Waals surface area contributed by atoms with Crippen LogP contribution in [-0.4, -0.2) is 61.3 Å². The van der Waals surface area contributed by atoms with E-state index in [2.05, 4.69) is 122 Å². The van der Waals surface area contributed by atoms with Gasteiger partial charge in [-0.05, 0) is 55.4 Å². The van der Waals surface area contributed by atoms with E-state index in [1.807, 2.05) is 0 Å². The predicted molar refractivity (Wildman–Crippen MR) is 177 cm³/mol. The van der Waals surface area contributed by atoms with E-state index in [-0.39, 0.29) is 27.0 Å². The third kappa shape index (κ3) is 42.3. The van der Waals surface area contributed by atoms with Crippen LogP contribution in [0.2, 0.25) is 0 Å². The van der Waals surface area contributed by atoms with E-state index in [0.29, 0.717) is 0 Å². The van der Waals surface area contributed by atoms with E-state index in [4.69, 9.17) is 0 Å². The maximum absolute atomic E-state index is 4.33. The Kier molecular flexibility index (Phi) is 94.1. The van der Waals surface area contributed by atoms with Crippen molar-refractivity contribution in [3.63, 3.8) is 0 Å². The van der Waals surface area contributed by atoms with Crippen LogP contribution in [0.15, 0.2) is 0 Å². The molecule has 0 radical (unpaired) electrons. The summed E-state index contributed by atoms with van der Waals surface area (Å²) >= 11 is 19.6. The molecular weight excluding hydrogens is 973 g/mol. The van der Waals surface area contributed by atoms with Crippen LogP contribution in [0, 0.1) is 0 Å². The van der Waals surface area contributed by atoms with E-state index < -0.39 is 0 Å². The Morgan fingerprint density at radius 1 is 0.438 bits per heavy atom. The fourth-order valence-corrected chi connectivity index (χ4v) is 2.68. The summed E-state index contributed by atoms with van der Waals surface area (Å²) < 4.78 is 2.56. The van der Waals surface area contributed by atoms with Gasteiger partial charge in [0.1, 0.15) is 0 Å². The Balaban J connectivity index is -0.0000000391. The number of hydrogen-bond donors (Lipinski definition) is 0. The molecule has 16 heteroatoms. The number of thiol groups is 2. The van der Waals surface area contributed by atoms with Crippen LogP contribution in [0.3, 0.4) is 0 Å². The van der Waals surface area contributed by atoms with Gasteiger partial charge >= 0.3 is 55.6 Å². The molecule has 0 N–H and O–H groups in total. The fourth-order valence-electron chi connectivity index (χ4n) is 2.68. The van der Waals surface area contributed by atoms with Crippen molar-refractivity contribution >= 4 is 133 Å². The van der Waals surface area contributed by atoms with Crippen molar-refractivity contribution in [1.82, 2.24) is 0 Å². The van der Waals surface area contributed by atoms with Crippen molar-refractivity contribution in [3.8, 4) is 0 Å². The second kappa shape index (κ2) is 52.6. The first kappa shape index (κ1) is 57.2. The van der Waals surface area contributed by atoms with Crippen LogP contribution in [0.1, 0.15) is 55.4 Å². The number of hydrogen-bond acceptors (Lipinski definition) is 12. The molecule has 0 aliphatic rings. The van der Waals surface area contributed by atoms with Gasteiger partial charge < -0.3 is 82.6 Å². The summed E-state index contributed by atoms with van der Waals surface area (Å²) in [5.41, 5.74) is 0. The number of quaternary nitrogens is 2. The van der Waals surface area contributed by atoms with Crippen LogP contribution in [0.4, 0.5) is 0 Å². The maximum atomic E-state index is 4.33. The Morgan fingerprint density at radius 2 is 0.531 bits per heavy atom. The van der Waals surface area contributed by atoms with Gasteiger partial charge in [-0.15, -0.1) is 0 Å². The molecule has 0 unspecified atom stereocenters. The van der Waals surface area contributed by atoms with Gasteiger partial charge in [-0.2, -0.15) is 0 Å². The van der Waals surface area contributed by atoms with Gasteiger partial charge in [-0.1, -0.05) is 0 Å². The zero-order chi connectivity index (χ0) is 25.5. The SMILES string of the molecule is CC[N+](CC)(CC)CC.CC[N+](CC)(CC)CC.[S-]SS[S-].[S-]SS[S-].[SH-].[SH-].[S]=[W-].[S]=[W-]. The molecule has 2 nitrogen and oxygen atoms in total. The summed E-state index contributed by atoms with van der Waals surface area (Å²) in [6, 6.07) is 0. The predicted octanol–water partition coefficient (Wildman–Crippen LogP) is 7.10. The third-order valence-corrected chi connectivity index (χ3v) is 9.87. The van der Waals surface area contributed by atoms with Gasteiger partial charge in [0, 0.05) is 0 Å². The van der Waals surface area contributed by atoms with Crippen molar-refractivity contribution in [3.05, 3.63) is 0 Å². The van der Waals surface area contributed by atoms with Crippen molar-refractivity contribution in [2.45, 2.75) is 55.4 Å². The van der Waals surface area contributed by atoms with Crippen molar-refractivity contribution in [2.75, 3.05) is 52.4 Å².